The molecule has 30 heavy (non-hydrogen) atoms. The topological polar surface area (TPSA) is 99.8 Å². The van der Waals surface area contributed by atoms with Gasteiger partial charge in [-0.25, -0.2) is 9.59 Å². The lowest BCUT2D eigenvalue weighted by Crippen LogP contribution is -2.43. The van der Waals surface area contributed by atoms with Crippen molar-refractivity contribution < 1.29 is 28.2 Å². The van der Waals surface area contributed by atoms with Crippen molar-refractivity contribution in [3.8, 4) is 5.06 Å². The maximum atomic E-state index is 14.8. The fourth-order valence-electron chi connectivity index (χ4n) is 3.04. The Bertz CT molecular complexity index is 1200. The molecule has 160 valence electrons. The summed E-state index contributed by atoms with van der Waals surface area (Å²) in [6, 6.07) is 6.87. The zero-order valence-electron chi connectivity index (χ0n) is 16.1. The summed E-state index contributed by atoms with van der Waals surface area (Å²) in [5.41, 5.74) is -2.06. The highest BCUT2D eigenvalue weighted by atomic mass is 32.1. The van der Waals surface area contributed by atoms with E-state index in [1.807, 2.05) is 0 Å². The molecule has 0 fully saturated rings. The number of aromatic nitrogens is 2. The minimum atomic E-state index is -3.48. The first kappa shape index (κ1) is 21.7. The number of hydrogen-bond donors (Lipinski definition) is 1. The number of rotatable bonds is 7. The lowest BCUT2D eigenvalue weighted by atomic mass is 10.1. The van der Waals surface area contributed by atoms with E-state index in [9.17, 15) is 23.2 Å². The summed E-state index contributed by atoms with van der Waals surface area (Å²) in [4.78, 5) is 37.0. The SMILES string of the molecule is COCCn1c(=O)n(CC(F)(F)c2ccccc2)c(=O)c2c(C)c(OC(=O)O)sc21. The van der Waals surface area contributed by atoms with Crippen LogP contribution >= 0.6 is 11.3 Å². The van der Waals surface area contributed by atoms with Crippen LogP contribution in [0.1, 0.15) is 11.1 Å². The van der Waals surface area contributed by atoms with Crippen LogP contribution in [-0.4, -0.2) is 34.1 Å². The zero-order valence-corrected chi connectivity index (χ0v) is 16.9. The van der Waals surface area contributed by atoms with Crippen molar-refractivity contribution in [1.82, 2.24) is 9.13 Å². The van der Waals surface area contributed by atoms with Gasteiger partial charge in [0.1, 0.15) is 4.83 Å². The Hall–Kier alpha value is -3.05. The van der Waals surface area contributed by atoms with Crippen LogP contribution in [-0.2, 0) is 23.7 Å². The van der Waals surface area contributed by atoms with E-state index >= 15 is 0 Å². The van der Waals surface area contributed by atoms with Crippen molar-refractivity contribution in [2.24, 2.45) is 0 Å². The van der Waals surface area contributed by atoms with Gasteiger partial charge in [0.15, 0.2) is 5.06 Å². The van der Waals surface area contributed by atoms with Crippen molar-refractivity contribution in [2.75, 3.05) is 13.7 Å². The second-order valence-electron chi connectivity index (χ2n) is 6.45. The Morgan fingerprint density at radius 2 is 1.87 bits per heavy atom. The number of carbonyl (C=O) groups is 1. The van der Waals surface area contributed by atoms with Crippen LogP contribution in [0.2, 0.25) is 0 Å². The summed E-state index contributed by atoms with van der Waals surface area (Å²) < 4.78 is 40.9. The van der Waals surface area contributed by atoms with E-state index < -0.39 is 29.9 Å². The number of benzene rings is 1. The summed E-state index contributed by atoms with van der Waals surface area (Å²) >= 11 is 0.784. The first-order valence-electron chi connectivity index (χ1n) is 8.77. The highest BCUT2D eigenvalue weighted by Crippen LogP contribution is 2.35. The monoisotopic (exact) mass is 440 g/mol. The summed E-state index contributed by atoms with van der Waals surface area (Å²) in [5, 5.41) is 8.75. The van der Waals surface area contributed by atoms with E-state index in [1.54, 1.807) is 6.07 Å². The summed E-state index contributed by atoms with van der Waals surface area (Å²) in [7, 11) is 1.40. The number of hydrogen-bond acceptors (Lipinski definition) is 6. The fraction of sp³-hybridized carbons (Fsp3) is 0.316. The molecule has 0 aliphatic heterocycles. The molecule has 0 radical (unpaired) electrons. The number of alkyl halides is 2. The van der Waals surface area contributed by atoms with Crippen LogP contribution in [0.15, 0.2) is 39.9 Å². The van der Waals surface area contributed by atoms with E-state index in [1.165, 1.54) is 38.3 Å². The van der Waals surface area contributed by atoms with Gasteiger partial charge in [-0.15, -0.1) is 0 Å². The van der Waals surface area contributed by atoms with E-state index in [-0.39, 0.29) is 39.6 Å². The van der Waals surface area contributed by atoms with Gasteiger partial charge in [0.05, 0.1) is 25.1 Å². The Morgan fingerprint density at radius 1 is 1.20 bits per heavy atom. The number of ether oxygens (including phenoxy) is 2. The normalized spacial score (nSPS) is 11.7. The van der Waals surface area contributed by atoms with Gasteiger partial charge in [-0.2, -0.15) is 8.78 Å². The average Bonchev–Trinajstić information content (AvgIpc) is 3.01. The number of nitrogens with zero attached hydrogens (tertiary/aromatic N) is 2. The molecule has 1 N–H and O–H groups in total. The number of methoxy groups -OCH3 is 1. The van der Waals surface area contributed by atoms with Crippen LogP contribution in [0.25, 0.3) is 10.2 Å². The minimum Gasteiger partial charge on any atom is -0.449 e. The number of fused-ring (bicyclic) bond motifs is 1. The number of thiophene rings is 1. The second kappa shape index (κ2) is 8.36. The molecule has 0 aliphatic carbocycles. The quantitative estimate of drug-likeness (QED) is 0.567. The molecule has 0 atom stereocenters. The third kappa shape index (κ3) is 3.98. The number of aryl methyl sites for hydroxylation is 1. The summed E-state index contributed by atoms with van der Waals surface area (Å²) in [5.74, 6) is -3.48. The van der Waals surface area contributed by atoms with Gasteiger partial charge in [-0.1, -0.05) is 41.7 Å². The number of carboxylic acid groups (broad SMARTS) is 1. The highest BCUT2D eigenvalue weighted by Gasteiger charge is 2.34. The Labute approximate surface area is 172 Å². The molecule has 0 saturated heterocycles. The van der Waals surface area contributed by atoms with Gasteiger partial charge in [-0.3, -0.25) is 13.9 Å². The molecule has 0 unspecified atom stereocenters. The molecular weight excluding hydrogens is 422 g/mol. The van der Waals surface area contributed by atoms with Gasteiger partial charge in [0.2, 0.25) is 0 Å². The Kier molecular flexibility index (Phi) is 6.04. The van der Waals surface area contributed by atoms with Gasteiger partial charge in [-0.05, 0) is 6.92 Å². The van der Waals surface area contributed by atoms with Gasteiger partial charge >= 0.3 is 11.8 Å². The van der Waals surface area contributed by atoms with Crippen molar-refractivity contribution in [1.29, 1.82) is 0 Å². The molecule has 2 aromatic heterocycles. The van der Waals surface area contributed by atoms with Crippen molar-refractivity contribution in [2.45, 2.75) is 25.9 Å². The molecule has 3 aromatic rings. The predicted octanol–water partition coefficient (Wildman–Crippen LogP) is 3.03. The van der Waals surface area contributed by atoms with E-state index in [4.69, 9.17) is 9.84 Å². The first-order chi connectivity index (χ1) is 14.2. The van der Waals surface area contributed by atoms with Crippen molar-refractivity contribution in [3.63, 3.8) is 0 Å². The molecule has 0 spiro atoms. The van der Waals surface area contributed by atoms with Crippen molar-refractivity contribution in [3.05, 3.63) is 62.3 Å². The Morgan fingerprint density at radius 3 is 2.47 bits per heavy atom. The molecule has 0 aliphatic rings. The lowest BCUT2D eigenvalue weighted by molar-refractivity contribution is -0.0244. The van der Waals surface area contributed by atoms with E-state index in [2.05, 4.69) is 4.74 Å². The van der Waals surface area contributed by atoms with Crippen molar-refractivity contribution >= 4 is 27.7 Å². The van der Waals surface area contributed by atoms with Crippen LogP contribution in [0, 0.1) is 6.92 Å². The minimum absolute atomic E-state index is 0.0184. The first-order valence-corrected chi connectivity index (χ1v) is 9.58. The lowest BCUT2D eigenvalue weighted by Gasteiger charge is -2.19. The second-order valence-corrected chi connectivity index (χ2v) is 7.41. The van der Waals surface area contributed by atoms with Crippen LogP contribution in [0.5, 0.6) is 5.06 Å². The third-order valence-corrected chi connectivity index (χ3v) is 5.70. The summed E-state index contributed by atoms with van der Waals surface area (Å²) in [6.07, 6.45) is -1.59. The van der Waals surface area contributed by atoms with Crippen LogP contribution < -0.4 is 16.0 Å². The highest BCUT2D eigenvalue weighted by molar-refractivity contribution is 7.20. The van der Waals surface area contributed by atoms with Crippen LogP contribution in [0.4, 0.5) is 13.6 Å². The number of halogens is 2. The predicted molar refractivity (Wildman–Crippen MR) is 106 cm³/mol. The van der Waals surface area contributed by atoms with Gasteiger partial charge in [0, 0.05) is 18.2 Å². The van der Waals surface area contributed by atoms with E-state index in [0.29, 0.717) is 4.57 Å². The van der Waals surface area contributed by atoms with Crippen LogP contribution in [0.3, 0.4) is 0 Å². The Balaban J connectivity index is 2.24. The third-order valence-electron chi connectivity index (χ3n) is 4.50. The average molecular weight is 440 g/mol. The molecule has 11 heteroatoms. The molecular formula is C19H18F2N2O6S. The molecule has 0 amide bonds. The smallest absolute Gasteiger partial charge is 0.449 e. The standard InChI is InChI=1S/C19H18F2N2O6S/c1-11-13-14(24)23(10-19(20,21)12-6-4-3-5-7-12)17(25)22(8-9-28-2)15(13)30-16(11)29-18(26)27/h3-7H,8-10H2,1-2H3,(H,26,27). The van der Waals surface area contributed by atoms with Gasteiger partial charge < -0.3 is 14.6 Å². The maximum absolute atomic E-state index is 14.8. The molecule has 3 rings (SSSR count). The molecule has 1 aromatic carbocycles. The molecule has 0 bridgehead atoms. The largest absolute Gasteiger partial charge is 0.512 e. The van der Waals surface area contributed by atoms with Gasteiger partial charge in [0.25, 0.3) is 11.5 Å². The zero-order chi connectivity index (χ0) is 22.1. The molecule has 2 heterocycles. The molecule has 0 saturated carbocycles. The molecule has 8 nitrogen and oxygen atoms in total. The maximum Gasteiger partial charge on any atom is 0.512 e. The summed E-state index contributed by atoms with van der Waals surface area (Å²) in [6.45, 7) is 0.329. The van der Waals surface area contributed by atoms with E-state index in [0.717, 1.165) is 15.9 Å². The fourth-order valence-corrected chi connectivity index (χ4v) is 4.21.